The minimum Gasteiger partial charge on any atom is -0.465 e. The van der Waals surface area contributed by atoms with Gasteiger partial charge in [0.2, 0.25) is 5.89 Å². The molecular weight excluding hydrogens is 460 g/mol. The van der Waals surface area contributed by atoms with Crippen molar-refractivity contribution in [2.45, 2.75) is 51.8 Å². The molecule has 8 nitrogen and oxygen atoms in total. The highest BCUT2D eigenvalue weighted by atomic mass is 19.4. The predicted octanol–water partition coefficient (Wildman–Crippen LogP) is 4.81. The maximum Gasteiger partial charge on any atom is 0.417 e. The van der Waals surface area contributed by atoms with E-state index in [2.05, 4.69) is 10.1 Å². The van der Waals surface area contributed by atoms with Crippen molar-refractivity contribution in [3.05, 3.63) is 41.0 Å². The number of anilines is 1. The molecule has 33 heavy (non-hydrogen) atoms. The van der Waals surface area contributed by atoms with E-state index in [0.29, 0.717) is 11.0 Å². The molecule has 1 N–H and O–H groups in total. The summed E-state index contributed by atoms with van der Waals surface area (Å²) in [5.74, 6) is -0.503. The summed E-state index contributed by atoms with van der Waals surface area (Å²) in [5, 5.41) is 21.7. The minimum absolute atomic E-state index is 0.204. The van der Waals surface area contributed by atoms with Crippen LogP contribution in [0.3, 0.4) is 0 Å². The highest BCUT2D eigenvalue weighted by Gasteiger charge is 2.36. The van der Waals surface area contributed by atoms with E-state index in [1.54, 1.807) is 20.8 Å². The van der Waals surface area contributed by atoms with E-state index in [1.165, 1.54) is 6.07 Å². The molecule has 0 aliphatic carbocycles. The number of aromatic nitrogens is 2. The molecule has 1 aromatic carbocycles. The first-order valence-corrected chi connectivity index (χ1v) is 9.26. The number of carbonyl (C=O) groups is 1. The number of alkyl halides is 6. The van der Waals surface area contributed by atoms with Crippen LogP contribution in [0.4, 0.5) is 36.8 Å². The lowest BCUT2D eigenvalue weighted by molar-refractivity contribution is -0.137. The second kappa shape index (κ2) is 9.16. The smallest absolute Gasteiger partial charge is 0.417 e. The maximum absolute atomic E-state index is 13.2. The molecule has 1 aromatic heterocycles. The minimum atomic E-state index is -4.96. The van der Waals surface area contributed by atoms with Crippen molar-refractivity contribution in [1.29, 1.82) is 5.26 Å². The Morgan fingerprint density at radius 3 is 2.27 bits per heavy atom. The number of hydrogen-bond donors (Lipinski definition) is 1. The second-order valence-corrected chi connectivity index (χ2v) is 7.95. The molecule has 180 valence electrons. The van der Waals surface area contributed by atoms with E-state index < -0.39 is 53.9 Å². The van der Waals surface area contributed by atoms with Gasteiger partial charge in [-0.15, -0.1) is 0 Å². The van der Waals surface area contributed by atoms with Crippen molar-refractivity contribution in [1.82, 2.24) is 15.0 Å². The summed E-state index contributed by atoms with van der Waals surface area (Å²) in [6.07, 6.45) is -11.0. The van der Waals surface area contributed by atoms with Crippen LogP contribution in [0, 0.1) is 11.3 Å². The Balaban J connectivity index is 2.37. The van der Waals surface area contributed by atoms with Crippen LogP contribution in [0.2, 0.25) is 0 Å². The zero-order valence-corrected chi connectivity index (χ0v) is 17.6. The molecule has 1 heterocycles. The molecule has 0 saturated carbocycles. The molecule has 0 radical (unpaired) electrons. The Bertz CT molecular complexity index is 1040. The molecule has 1 amide bonds. The zero-order valence-electron chi connectivity index (χ0n) is 17.6. The van der Waals surface area contributed by atoms with Gasteiger partial charge >= 0.3 is 18.4 Å². The van der Waals surface area contributed by atoms with Crippen molar-refractivity contribution in [2.75, 3.05) is 11.4 Å². The highest BCUT2D eigenvalue weighted by Crippen LogP contribution is 2.35. The van der Waals surface area contributed by atoms with Gasteiger partial charge in [0.15, 0.2) is 5.82 Å². The number of amides is 1. The molecule has 0 fully saturated rings. The van der Waals surface area contributed by atoms with Gasteiger partial charge in [-0.2, -0.15) is 36.6 Å². The lowest BCUT2D eigenvalue weighted by Crippen LogP contribution is -2.44. The number of benzene rings is 1. The van der Waals surface area contributed by atoms with Crippen LogP contribution in [0.15, 0.2) is 22.7 Å². The van der Waals surface area contributed by atoms with Crippen LogP contribution >= 0.6 is 0 Å². The van der Waals surface area contributed by atoms with Gasteiger partial charge in [-0.3, -0.25) is 4.90 Å². The van der Waals surface area contributed by atoms with Gasteiger partial charge in [0.25, 0.3) is 0 Å². The Morgan fingerprint density at radius 2 is 1.79 bits per heavy atom. The van der Waals surface area contributed by atoms with E-state index in [4.69, 9.17) is 9.78 Å². The second-order valence-electron chi connectivity index (χ2n) is 7.95. The van der Waals surface area contributed by atoms with Gasteiger partial charge in [-0.25, -0.2) is 4.79 Å². The SMILES string of the molecule is CC(C)(C)N(Cc1nc(CN(CC(F)(F)F)c2ccc(C#N)c(C(F)(F)F)c2)no1)C(=O)O. The zero-order chi connectivity index (χ0) is 25.2. The van der Waals surface area contributed by atoms with Gasteiger partial charge in [0, 0.05) is 11.2 Å². The van der Waals surface area contributed by atoms with Crippen molar-refractivity contribution in [3.63, 3.8) is 0 Å². The fourth-order valence-corrected chi connectivity index (χ4v) is 2.83. The third-order valence-electron chi connectivity index (χ3n) is 4.34. The largest absolute Gasteiger partial charge is 0.465 e. The van der Waals surface area contributed by atoms with Crippen LogP contribution in [0.1, 0.15) is 43.6 Å². The lowest BCUT2D eigenvalue weighted by Gasteiger charge is -2.31. The van der Waals surface area contributed by atoms with Crippen LogP contribution in [0.25, 0.3) is 0 Å². The molecule has 0 bridgehead atoms. The lowest BCUT2D eigenvalue weighted by atomic mass is 10.1. The molecule has 2 aromatic rings. The van der Waals surface area contributed by atoms with Crippen molar-refractivity contribution < 1.29 is 40.8 Å². The van der Waals surface area contributed by atoms with Crippen LogP contribution in [-0.4, -0.2) is 44.5 Å². The molecule has 0 atom stereocenters. The normalized spacial score (nSPS) is 12.4. The molecule has 0 saturated heterocycles. The number of halogens is 6. The third-order valence-corrected chi connectivity index (χ3v) is 4.34. The van der Waals surface area contributed by atoms with Crippen LogP contribution in [-0.2, 0) is 19.3 Å². The number of carboxylic acid groups (broad SMARTS) is 1. The number of rotatable bonds is 6. The van der Waals surface area contributed by atoms with E-state index in [1.807, 2.05) is 0 Å². The monoisotopic (exact) mass is 479 g/mol. The number of hydrogen-bond acceptors (Lipinski definition) is 6. The summed E-state index contributed by atoms with van der Waals surface area (Å²) in [5.41, 5.74) is -3.44. The van der Waals surface area contributed by atoms with Gasteiger partial charge in [0.1, 0.15) is 13.1 Å². The van der Waals surface area contributed by atoms with Crippen molar-refractivity contribution in [2.24, 2.45) is 0 Å². The summed E-state index contributed by atoms with van der Waals surface area (Å²) in [6, 6.07) is 3.52. The fourth-order valence-electron chi connectivity index (χ4n) is 2.83. The van der Waals surface area contributed by atoms with E-state index >= 15 is 0 Å². The first-order valence-electron chi connectivity index (χ1n) is 9.26. The Labute approximate surface area is 184 Å². The maximum atomic E-state index is 13.2. The molecule has 2 rings (SSSR count). The topological polar surface area (TPSA) is 106 Å². The highest BCUT2D eigenvalue weighted by molar-refractivity contribution is 5.65. The standard InChI is InChI=1S/C19H19F6N5O3/c1-17(2,3)30(16(31)32)9-15-27-14(28-33-15)8-29(10-18(20,21)22)12-5-4-11(7-26)13(6-12)19(23,24)25/h4-6H,8-10H2,1-3H3,(H,31,32). The average molecular weight is 479 g/mol. The van der Waals surface area contributed by atoms with Crippen molar-refractivity contribution in [3.8, 4) is 6.07 Å². The molecule has 0 spiro atoms. The molecule has 0 aliphatic heterocycles. The van der Waals surface area contributed by atoms with E-state index in [-0.39, 0.29) is 18.3 Å². The number of nitriles is 1. The first kappa shape index (κ1) is 25.8. The molecule has 14 heteroatoms. The molecular formula is C19H19F6N5O3. The first-order chi connectivity index (χ1) is 15.0. The average Bonchev–Trinajstić information content (AvgIpc) is 3.09. The van der Waals surface area contributed by atoms with Crippen LogP contribution < -0.4 is 4.90 Å². The number of nitrogens with zero attached hydrogens (tertiary/aromatic N) is 5. The van der Waals surface area contributed by atoms with E-state index in [9.17, 15) is 36.2 Å². The Kier molecular flexibility index (Phi) is 7.15. The summed E-state index contributed by atoms with van der Waals surface area (Å²) in [6.45, 7) is 2.14. The molecule has 0 aliphatic rings. The molecule has 0 unspecified atom stereocenters. The summed E-state index contributed by atoms with van der Waals surface area (Å²) in [4.78, 5) is 16.8. The summed E-state index contributed by atoms with van der Waals surface area (Å²) in [7, 11) is 0. The van der Waals surface area contributed by atoms with Crippen molar-refractivity contribution >= 4 is 11.8 Å². The quantitative estimate of drug-likeness (QED) is 0.593. The van der Waals surface area contributed by atoms with Gasteiger partial charge < -0.3 is 14.5 Å². The van der Waals surface area contributed by atoms with E-state index in [0.717, 1.165) is 17.0 Å². The summed E-state index contributed by atoms with van der Waals surface area (Å²) < 4.78 is 84.0. The Morgan fingerprint density at radius 1 is 1.15 bits per heavy atom. The predicted molar refractivity (Wildman–Crippen MR) is 101 cm³/mol. The Hall–Kier alpha value is -3.50. The van der Waals surface area contributed by atoms with Gasteiger partial charge in [0.05, 0.1) is 23.7 Å². The fraction of sp³-hybridized carbons (Fsp3) is 0.474. The van der Waals surface area contributed by atoms with Gasteiger partial charge in [-0.05, 0) is 39.0 Å². The summed E-state index contributed by atoms with van der Waals surface area (Å²) >= 11 is 0. The van der Waals surface area contributed by atoms with Crippen LogP contribution in [0.5, 0.6) is 0 Å². The third kappa shape index (κ3) is 6.99. The van der Waals surface area contributed by atoms with Gasteiger partial charge in [-0.1, -0.05) is 5.16 Å².